The first-order valence-corrected chi connectivity index (χ1v) is 27.0. The standard InChI is InChI=1S/C49H77N13O22/c1-24(52)40(74)53-23-34(63)54-25(9-2-4-15-50)41(75)55-26(10-3-5-16-51)42(76)57-28(19-36(66)67)43(77)58-29(20-37(68)69)44(78)59-30(21-38(70)71)45(79)60-31(22-39(72)73)47(81)62-18-8-13-33(62)48(82)61-17-7-12-32(61)46(80)56-27(49(83)84)11-6-14-35(64)65/h24-33H,2-23,50-52H2,1H3,(H,53,74)(H,54,63)(H,55,75)(H,56,80)(H,57,76)(H,58,77)(H,59,78)(H,60,79)(H,64,65)(H,66,67)(H,68,69)(H,70,71)(H,72,73)(H,83,84)/t24-,25-,26-,27?,28-,29-,30-,31-,32-,33-/m0/s1. The van der Waals surface area contributed by atoms with Gasteiger partial charge >= 0.3 is 35.8 Å². The molecule has 0 aromatic heterocycles. The van der Waals surface area contributed by atoms with Gasteiger partial charge in [0.1, 0.15) is 54.4 Å². The number of nitrogens with two attached hydrogens (primary N) is 3. The maximum Gasteiger partial charge on any atom is 0.326 e. The maximum absolute atomic E-state index is 14.1. The second-order valence-corrected chi connectivity index (χ2v) is 20.0. The lowest BCUT2D eigenvalue weighted by atomic mass is 10.0. The van der Waals surface area contributed by atoms with E-state index in [1.165, 1.54) is 6.92 Å². The van der Waals surface area contributed by atoms with Gasteiger partial charge in [-0.3, -0.25) is 71.9 Å². The third-order valence-corrected chi connectivity index (χ3v) is 13.2. The number of aliphatic carboxylic acids is 6. The Balaban J connectivity index is 2.38. The molecule has 20 N–H and O–H groups in total. The van der Waals surface area contributed by atoms with Gasteiger partial charge in [-0.1, -0.05) is 0 Å². The van der Waals surface area contributed by atoms with Gasteiger partial charge < -0.3 is 100 Å². The highest BCUT2D eigenvalue weighted by Gasteiger charge is 2.45. The average Bonchev–Trinajstić information content (AvgIpc) is 3.72. The van der Waals surface area contributed by atoms with Crippen LogP contribution in [0.1, 0.15) is 116 Å². The normalized spacial score (nSPS) is 17.4. The summed E-state index contributed by atoms with van der Waals surface area (Å²) in [5.41, 5.74) is 16.7. The highest BCUT2D eigenvalue weighted by molar-refractivity contribution is 6.01. The van der Waals surface area contributed by atoms with Gasteiger partial charge in [0.15, 0.2) is 0 Å². The van der Waals surface area contributed by atoms with E-state index in [9.17, 15) is 102 Å². The molecular formula is C49H77N13O22. The fourth-order valence-corrected chi connectivity index (χ4v) is 8.95. The minimum absolute atomic E-state index is 0.0194. The summed E-state index contributed by atoms with van der Waals surface area (Å²) in [6.07, 6.45) is -4.48. The van der Waals surface area contributed by atoms with Gasteiger partial charge in [0, 0.05) is 19.5 Å². The van der Waals surface area contributed by atoms with E-state index in [4.69, 9.17) is 22.3 Å². The molecule has 2 saturated heterocycles. The molecule has 84 heavy (non-hydrogen) atoms. The number of carbonyl (C=O) groups is 16. The number of rotatable bonds is 39. The van der Waals surface area contributed by atoms with Gasteiger partial charge in [-0.15, -0.1) is 0 Å². The van der Waals surface area contributed by atoms with Crippen LogP contribution in [-0.4, -0.2) is 228 Å². The summed E-state index contributed by atoms with van der Waals surface area (Å²) in [6.45, 7) is 0.865. The number of nitrogens with zero attached hydrogens (tertiary/aromatic N) is 2. The number of hydrogen-bond acceptors (Lipinski definition) is 19. The Labute approximate surface area is 480 Å². The molecule has 35 heteroatoms. The van der Waals surface area contributed by atoms with Crippen molar-refractivity contribution in [3.63, 3.8) is 0 Å². The molecule has 0 radical (unpaired) electrons. The van der Waals surface area contributed by atoms with Crippen LogP contribution in [0.15, 0.2) is 0 Å². The SMILES string of the molecule is C[C@H](N)C(=O)NCC(=O)N[C@@H](CCCCN)C(=O)N[C@@H](CCCCN)C(=O)N[C@@H](CC(=O)O)C(=O)N[C@@H](CC(=O)O)C(=O)N[C@@H](CC(=O)O)C(=O)N[C@@H](CC(=O)O)C(=O)N1CCC[C@H]1C(=O)N1CCC[C@H]1C(=O)NC(CCCC(=O)O)C(=O)O. The number of unbranched alkanes of at least 4 members (excludes halogenated alkanes) is 2. The van der Waals surface area contributed by atoms with E-state index in [2.05, 4.69) is 26.6 Å². The summed E-state index contributed by atoms with van der Waals surface area (Å²) < 4.78 is 0. The van der Waals surface area contributed by atoms with Crippen LogP contribution < -0.4 is 59.7 Å². The lowest BCUT2D eigenvalue weighted by Gasteiger charge is -2.33. The molecule has 2 aliphatic heterocycles. The van der Waals surface area contributed by atoms with Crippen molar-refractivity contribution in [3.05, 3.63) is 0 Å². The fraction of sp³-hybridized carbons (Fsp3) is 0.673. The smallest absolute Gasteiger partial charge is 0.326 e. The van der Waals surface area contributed by atoms with Crippen LogP contribution in [0.5, 0.6) is 0 Å². The van der Waals surface area contributed by atoms with E-state index >= 15 is 0 Å². The Hall–Kier alpha value is -8.60. The van der Waals surface area contributed by atoms with E-state index in [0.717, 1.165) is 9.80 Å². The molecule has 0 saturated carbocycles. The summed E-state index contributed by atoms with van der Waals surface area (Å²) in [7, 11) is 0. The van der Waals surface area contributed by atoms with Crippen molar-refractivity contribution in [1.29, 1.82) is 0 Å². The molecule has 0 aliphatic carbocycles. The Bertz CT molecular complexity index is 2430. The number of carboxylic acids is 6. The second kappa shape index (κ2) is 36.1. The molecule has 0 bridgehead atoms. The highest BCUT2D eigenvalue weighted by atomic mass is 16.4. The Morgan fingerprint density at radius 3 is 1.27 bits per heavy atom. The summed E-state index contributed by atoms with van der Waals surface area (Å²) in [6, 6.07) is -16.8. The highest BCUT2D eigenvalue weighted by Crippen LogP contribution is 2.26. The Morgan fingerprint density at radius 1 is 0.452 bits per heavy atom. The predicted octanol–water partition coefficient (Wildman–Crippen LogP) is -6.68. The van der Waals surface area contributed by atoms with Crippen molar-refractivity contribution in [2.75, 3.05) is 32.7 Å². The lowest BCUT2D eigenvalue weighted by Crippen LogP contribution is -2.61. The summed E-state index contributed by atoms with van der Waals surface area (Å²) in [5.74, 6) is -20.9. The number of amides is 10. The van der Waals surface area contributed by atoms with Gasteiger partial charge in [0.25, 0.3) is 0 Å². The van der Waals surface area contributed by atoms with Gasteiger partial charge in [-0.2, -0.15) is 0 Å². The van der Waals surface area contributed by atoms with E-state index in [0.29, 0.717) is 19.3 Å². The van der Waals surface area contributed by atoms with Crippen molar-refractivity contribution < 1.29 is 107 Å². The molecular weight excluding hydrogens is 1120 g/mol. The molecule has 10 atom stereocenters. The van der Waals surface area contributed by atoms with Crippen molar-refractivity contribution in [1.82, 2.24) is 52.3 Å². The van der Waals surface area contributed by atoms with Crippen LogP contribution in [-0.2, 0) is 76.7 Å². The van der Waals surface area contributed by atoms with Crippen LogP contribution in [0.3, 0.4) is 0 Å². The van der Waals surface area contributed by atoms with Gasteiger partial charge in [-0.25, -0.2) is 4.79 Å². The molecule has 0 spiro atoms. The van der Waals surface area contributed by atoms with Crippen molar-refractivity contribution in [2.24, 2.45) is 17.2 Å². The van der Waals surface area contributed by atoms with E-state index < -0.39 is 188 Å². The molecule has 2 rings (SSSR count). The predicted molar refractivity (Wildman–Crippen MR) is 284 cm³/mol. The van der Waals surface area contributed by atoms with Crippen molar-refractivity contribution in [2.45, 2.75) is 176 Å². The number of carboxylic acid groups (broad SMARTS) is 6. The van der Waals surface area contributed by atoms with Crippen molar-refractivity contribution in [3.8, 4) is 0 Å². The zero-order valence-corrected chi connectivity index (χ0v) is 46.2. The fourth-order valence-electron chi connectivity index (χ4n) is 8.95. The first kappa shape index (κ1) is 71.5. The molecule has 2 fully saturated rings. The van der Waals surface area contributed by atoms with Crippen LogP contribution in [0, 0.1) is 0 Å². The number of carbonyl (C=O) groups excluding carboxylic acids is 10. The monoisotopic (exact) mass is 1200 g/mol. The van der Waals surface area contributed by atoms with Gasteiger partial charge in [0.05, 0.1) is 38.3 Å². The largest absolute Gasteiger partial charge is 0.481 e. The molecule has 0 aromatic carbocycles. The molecule has 470 valence electrons. The molecule has 10 amide bonds. The minimum atomic E-state index is -2.29. The maximum atomic E-state index is 14.1. The second-order valence-electron chi connectivity index (χ2n) is 20.0. The summed E-state index contributed by atoms with van der Waals surface area (Å²) in [4.78, 5) is 208. The third-order valence-electron chi connectivity index (χ3n) is 13.2. The minimum Gasteiger partial charge on any atom is -0.481 e. The van der Waals surface area contributed by atoms with E-state index in [1.807, 2.05) is 16.0 Å². The molecule has 2 aliphatic rings. The molecule has 1 unspecified atom stereocenters. The van der Waals surface area contributed by atoms with E-state index in [1.54, 1.807) is 0 Å². The number of likely N-dealkylation sites (tertiary alicyclic amines) is 2. The zero-order chi connectivity index (χ0) is 63.4. The van der Waals surface area contributed by atoms with Crippen LogP contribution in [0.4, 0.5) is 0 Å². The quantitative estimate of drug-likeness (QED) is 0.0254. The van der Waals surface area contributed by atoms with Crippen LogP contribution >= 0.6 is 0 Å². The molecule has 2 heterocycles. The average molecular weight is 1200 g/mol. The summed E-state index contributed by atoms with van der Waals surface area (Å²) in [5, 5.41) is 75.2. The Kier molecular flexibility index (Phi) is 30.7. The van der Waals surface area contributed by atoms with Gasteiger partial charge in [-0.05, 0) is 97.1 Å². The molecule has 0 aromatic rings. The van der Waals surface area contributed by atoms with Crippen LogP contribution in [0.25, 0.3) is 0 Å². The number of hydrogen-bond donors (Lipinski definition) is 17. The Morgan fingerprint density at radius 2 is 0.845 bits per heavy atom. The molecule has 35 nitrogen and oxygen atoms in total. The topological polar surface area (TPSA) is 575 Å². The van der Waals surface area contributed by atoms with Gasteiger partial charge in [0.2, 0.25) is 59.1 Å². The van der Waals surface area contributed by atoms with Crippen molar-refractivity contribution >= 4 is 94.9 Å². The first-order chi connectivity index (χ1) is 39.5. The van der Waals surface area contributed by atoms with E-state index in [-0.39, 0.29) is 90.4 Å². The summed E-state index contributed by atoms with van der Waals surface area (Å²) >= 11 is 0. The third kappa shape index (κ3) is 24.9. The zero-order valence-electron chi connectivity index (χ0n) is 46.2. The first-order valence-electron chi connectivity index (χ1n) is 27.0. The van der Waals surface area contributed by atoms with Crippen LogP contribution in [0.2, 0.25) is 0 Å². The number of nitrogens with one attached hydrogen (secondary N) is 8. The lowest BCUT2D eigenvalue weighted by molar-refractivity contribution is -0.150.